The lowest BCUT2D eigenvalue weighted by Gasteiger charge is -2.25. The third-order valence-corrected chi connectivity index (χ3v) is 9.16. The van der Waals surface area contributed by atoms with Gasteiger partial charge in [0.2, 0.25) is 0 Å². The fraction of sp³-hybridized carbons (Fsp3) is 0.172. The first-order valence-electron chi connectivity index (χ1n) is 12.3. The SMILES string of the molecule is COc1ccc(Cl)cc1N(CC(=O)N/N=C\c1cc(C)n(-c2cccc(Cl)c2Cl)c1C)S(=O)(=O)c1ccc(C)cc1. The van der Waals surface area contributed by atoms with Gasteiger partial charge in [-0.15, -0.1) is 0 Å². The van der Waals surface area contributed by atoms with Crippen molar-refractivity contribution in [2.45, 2.75) is 25.7 Å². The smallest absolute Gasteiger partial charge is 0.264 e. The van der Waals surface area contributed by atoms with E-state index in [9.17, 15) is 13.2 Å². The Morgan fingerprint density at radius 2 is 1.73 bits per heavy atom. The molecule has 0 saturated carbocycles. The van der Waals surface area contributed by atoms with Crippen molar-refractivity contribution in [2.75, 3.05) is 18.0 Å². The molecule has 8 nitrogen and oxygen atoms in total. The first-order chi connectivity index (χ1) is 19.4. The van der Waals surface area contributed by atoms with E-state index in [1.165, 1.54) is 37.6 Å². The van der Waals surface area contributed by atoms with Crippen LogP contribution in [0.3, 0.4) is 0 Å². The van der Waals surface area contributed by atoms with Gasteiger partial charge in [0.25, 0.3) is 15.9 Å². The molecule has 0 fully saturated rings. The summed E-state index contributed by atoms with van der Waals surface area (Å²) in [5.74, 6) is -0.445. The molecule has 0 aliphatic carbocycles. The number of carbonyl (C=O) groups excluding carboxylic acids is 1. The molecule has 1 aromatic heterocycles. The fourth-order valence-electron chi connectivity index (χ4n) is 4.29. The Labute approximate surface area is 254 Å². The number of benzene rings is 3. The van der Waals surface area contributed by atoms with E-state index in [0.29, 0.717) is 15.7 Å². The number of hydrogen-bond acceptors (Lipinski definition) is 5. The van der Waals surface area contributed by atoms with Gasteiger partial charge in [-0.05, 0) is 69.3 Å². The molecule has 0 atom stereocenters. The van der Waals surface area contributed by atoms with E-state index < -0.39 is 22.5 Å². The summed E-state index contributed by atoms with van der Waals surface area (Å²) < 4.78 is 35.7. The second-order valence-electron chi connectivity index (χ2n) is 9.17. The molecule has 0 radical (unpaired) electrons. The standard InChI is InChI=1S/C29H27Cl3N4O4S/c1-18-8-11-23(12-9-18)41(38,39)35(26-15-22(30)10-13-27(26)40-4)17-28(37)34-33-16-21-14-19(2)36(20(21)3)25-7-5-6-24(31)29(25)32/h5-16H,17H2,1-4H3,(H,34,37)/b33-16-. The highest BCUT2D eigenvalue weighted by Gasteiger charge is 2.29. The Kier molecular flexibility index (Phi) is 9.34. The van der Waals surface area contributed by atoms with Gasteiger partial charge in [0.05, 0.1) is 39.6 Å². The van der Waals surface area contributed by atoms with E-state index in [-0.39, 0.29) is 21.4 Å². The lowest BCUT2D eigenvalue weighted by Crippen LogP contribution is -2.39. The quantitative estimate of drug-likeness (QED) is 0.164. The van der Waals surface area contributed by atoms with Gasteiger partial charge in [-0.2, -0.15) is 5.10 Å². The summed E-state index contributed by atoms with van der Waals surface area (Å²) in [6.07, 6.45) is 1.48. The number of anilines is 1. The maximum absolute atomic E-state index is 13.7. The van der Waals surface area contributed by atoms with Crippen LogP contribution in [0, 0.1) is 20.8 Å². The minimum Gasteiger partial charge on any atom is -0.495 e. The number of rotatable bonds is 9. The monoisotopic (exact) mass is 632 g/mol. The molecule has 0 aliphatic rings. The van der Waals surface area contributed by atoms with Crippen LogP contribution >= 0.6 is 34.8 Å². The number of aromatic nitrogens is 1. The Morgan fingerprint density at radius 3 is 2.41 bits per heavy atom. The molecule has 0 unspecified atom stereocenters. The number of nitrogens with one attached hydrogen (secondary N) is 1. The molecular formula is C29H27Cl3N4O4S. The van der Waals surface area contributed by atoms with Gasteiger partial charge in [0.1, 0.15) is 12.3 Å². The number of ether oxygens (including phenoxy) is 1. The molecule has 1 N–H and O–H groups in total. The van der Waals surface area contributed by atoms with Gasteiger partial charge in [-0.1, -0.05) is 58.6 Å². The van der Waals surface area contributed by atoms with Crippen molar-refractivity contribution in [3.63, 3.8) is 0 Å². The molecule has 1 heterocycles. The second kappa shape index (κ2) is 12.6. The molecule has 12 heteroatoms. The van der Waals surface area contributed by atoms with Crippen LogP contribution in [0.1, 0.15) is 22.5 Å². The molecular weight excluding hydrogens is 607 g/mol. The van der Waals surface area contributed by atoms with Crippen LogP contribution < -0.4 is 14.5 Å². The predicted octanol–water partition coefficient (Wildman–Crippen LogP) is 6.72. The van der Waals surface area contributed by atoms with E-state index in [1.54, 1.807) is 24.3 Å². The largest absolute Gasteiger partial charge is 0.495 e. The van der Waals surface area contributed by atoms with Gasteiger partial charge in [0.15, 0.2) is 0 Å². The average molecular weight is 634 g/mol. The number of methoxy groups -OCH3 is 1. The molecule has 3 aromatic carbocycles. The van der Waals surface area contributed by atoms with E-state index in [0.717, 1.165) is 26.8 Å². The van der Waals surface area contributed by atoms with Crippen LogP contribution in [0.4, 0.5) is 5.69 Å². The Hall–Kier alpha value is -3.50. The summed E-state index contributed by atoms with van der Waals surface area (Å²) in [7, 11) is -2.78. The van der Waals surface area contributed by atoms with Crippen LogP contribution in [-0.2, 0) is 14.8 Å². The molecule has 0 aliphatic heterocycles. The minimum atomic E-state index is -4.18. The van der Waals surface area contributed by atoms with Crippen molar-refractivity contribution in [3.05, 3.63) is 104 Å². The van der Waals surface area contributed by atoms with E-state index in [2.05, 4.69) is 10.5 Å². The Bertz CT molecular complexity index is 1740. The highest BCUT2D eigenvalue weighted by molar-refractivity contribution is 7.92. The van der Waals surface area contributed by atoms with Crippen LogP contribution in [-0.4, -0.2) is 38.8 Å². The van der Waals surface area contributed by atoms with Gasteiger partial charge in [-0.25, -0.2) is 13.8 Å². The topological polar surface area (TPSA) is 93.0 Å². The van der Waals surface area contributed by atoms with Gasteiger partial charge < -0.3 is 9.30 Å². The zero-order chi connectivity index (χ0) is 29.9. The molecule has 4 aromatic rings. The number of hydrazone groups is 1. The molecule has 1 amide bonds. The van der Waals surface area contributed by atoms with E-state index >= 15 is 0 Å². The summed E-state index contributed by atoms with van der Waals surface area (Å²) in [6.45, 7) is 5.06. The van der Waals surface area contributed by atoms with Crippen LogP contribution in [0.15, 0.2) is 76.7 Å². The van der Waals surface area contributed by atoms with Gasteiger partial charge in [-0.3, -0.25) is 9.10 Å². The zero-order valence-corrected chi connectivity index (χ0v) is 25.7. The number of halogens is 3. The van der Waals surface area contributed by atoms with Crippen LogP contribution in [0.5, 0.6) is 5.75 Å². The molecule has 0 bridgehead atoms. The highest BCUT2D eigenvalue weighted by Crippen LogP contribution is 2.35. The third-order valence-electron chi connectivity index (χ3n) is 6.34. The molecule has 0 saturated heterocycles. The molecule has 0 spiro atoms. The number of hydrogen-bond donors (Lipinski definition) is 1. The van der Waals surface area contributed by atoms with Crippen molar-refractivity contribution >= 4 is 62.6 Å². The summed E-state index contributed by atoms with van der Waals surface area (Å²) in [5, 5.41) is 5.21. The number of sulfonamides is 1. The van der Waals surface area contributed by atoms with Gasteiger partial charge in [0, 0.05) is 22.0 Å². The number of aryl methyl sites for hydroxylation is 2. The first-order valence-corrected chi connectivity index (χ1v) is 14.9. The lowest BCUT2D eigenvalue weighted by molar-refractivity contribution is -0.119. The van der Waals surface area contributed by atoms with E-state index in [4.69, 9.17) is 39.5 Å². The zero-order valence-electron chi connectivity index (χ0n) is 22.7. The minimum absolute atomic E-state index is 0.00791. The Morgan fingerprint density at radius 1 is 1.02 bits per heavy atom. The highest BCUT2D eigenvalue weighted by atomic mass is 35.5. The first kappa shape index (κ1) is 30.5. The number of nitrogens with zero attached hydrogens (tertiary/aromatic N) is 3. The maximum Gasteiger partial charge on any atom is 0.264 e. The fourth-order valence-corrected chi connectivity index (χ4v) is 6.26. The molecule has 4 rings (SSSR count). The average Bonchev–Trinajstić information content (AvgIpc) is 3.21. The summed E-state index contributed by atoms with van der Waals surface area (Å²) in [5.41, 5.74) is 6.56. The van der Waals surface area contributed by atoms with Crippen molar-refractivity contribution in [1.29, 1.82) is 0 Å². The summed E-state index contributed by atoms with van der Waals surface area (Å²) >= 11 is 18.8. The van der Waals surface area contributed by atoms with Crippen molar-refractivity contribution in [2.24, 2.45) is 5.10 Å². The number of carbonyl (C=O) groups is 1. The lowest BCUT2D eigenvalue weighted by atomic mass is 10.2. The van der Waals surface area contributed by atoms with E-state index in [1.807, 2.05) is 43.5 Å². The van der Waals surface area contributed by atoms with Crippen molar-refractivity contribution < 1.29 is 17.9 Å². The second-order valence-corrected chi connectivity index (χ2v) is 12.3. The third kappa shape index (κ3) is 6.54. The molecule has 214 valence electrons. The predicted molar refractivity (Wildman–Crippen MR) is 165 cm³/mol. The van der Waals surface area contributed by atoms with Crippen LogP contribution in [0.2, 0.25) is 15.1 Å². The van der Waals surface area contributed by atoms with Crippen molar-refractivity contribution in [3.8, 4) is 11.4 Å². The van der Waals surface area contributed by atoms with Gasteiger partial charge >= 0.3 is 0 Å². The van der Waals surface area contributed by atoms with Crippen LogP contribution in [0.25, 0.3) is 5.69 Å². The maximum atomic E-state index is 13.7. The number of amides is 1. The Balaban J connectivity index is 1.62. The molecule has 41 heavy (non-hydrogen) atoms. The van der Waals surface area contributed by atoms with Crippen molar-refractivity contribution in [1.82, 2.24) is 9.99 Å². The summed E-state index contributed by atoms with van der Waals surface area (Å²) in [6, 6.07) is 18.1. The summed E-state index contributed by atoms with van der Waals surface area (Å²) in [4.78, 5) is 13.1. The normalized spacial score (nSPS) is 11.6.